The number of hydrazine groups is 1. The maximum Gasteiger partial charge on any atom is 0.0561 e. The molecule has 11 heavy (non-hydrogen) atoms. The van der Waals surface area contributed by atoms with E-state index in [1.54, 1.807) is 5.01 Å². The Morgan fingerprint density at radius 3 is 3.09 bits per heavy atom. The molecule has 1 aromatic rings. The lowest BCUT2D eigenvalue weighted by Gasteiger charge is -2.10. The van der Waals surface area contributed by atoms with Gasteiger partial charge in [-0.2, -0.15) is 0 Å². The smallest absolute Gasteiger partial charge is 0.0561 e. The predicted octanol–water partition coefficient (Wildman–Crippen LogP) is 1.69. The maximum absolute atomic E-state index is 5.73. The summed E-state index contributed by atoms with van der Waals surface area (Å²) < 4.78 is 1.09. The van der Waals surface area contributed by atoms with Gasteiger partial charge >= 0.3 is 0 Å². The lowest BCUT2D eigenvalue weighted by molar-refractivity contribution is 0.891. The lowest BCUT2D eigenvalue weighted by atomic mass is 10.2. The molecule has 1 aliphatic heterocycles. The summed E-state index contributed by atoms with van der Waals surface area (Å²) in [5.74, 6) is 5.73. The van der Waals surface area contributed by atoms with Gasteiger partial charge in [0.2, 0.25) is 0 Å². The molecule has 0 saturated heterocycles. The summed E-state index contributed by atoms with van der Waals surface area (Å²) in [6, 6.07) is 6.23. The first kappa shape index (κ1) is 7.13. The first-order valence-electron chi connectivity index (χ1n) is 3.58. The summed E-state index contributed by atoms with van der Waals surface area (Å²) in [4.78, 5) is 0. The lowest BCUT2D eigenvalue weighted by Crippen LogP contribution is -2.27. The van der Waals surface area contributed by atoms with Crippen molar-refractivity contribution in [1.29, 1.82) is 0 Å². The quantitative estimate of drug-likeness (QED) is 0.664. The van der Waals surface area contributed by atoms with Crippen LogP contribution in [-0.4, -0.2) is 6.54 Å². The highest BCUT2D eigenvalue weighted by molar-refractivity contribution is 9.10. The zero-order valence-electron chi connectivity index (χ0n) is 6.05. The fourth-order valence-electron chi connectivity index (χ4n) is 1.38. The van der Waals surface area contributed by atoms with Gasteiger partial charge in [0.1, 0.15) is 0 Å². The third-order valence-electron chi connectivity index (χ3n) is 1.98. The number of hydrogen-bond acceptors (Lipinski definition) is 2. The van der Waals surface area contributed by atoms with Gasteiger partial charge < -0.3 is 5.01 Å². The summed E-state index contributed by atoms with van der Waals surface area (Å²) >= 11 is 3.41. The van der Waals surface area contributed by atoms with Crippen LogP contribution in [0.3, 0.4) is 0 Å². The molecule has 0 unspecified atom stereocenters. The second-order valence-electron chi connectivity index (χ2n) is 2.72. The van der Waals surface area contributed by atoms with E-state index in [0.29, 0.717) is 0 Å². The zero-order chi connectivity index (χ0) is 7.84. The minimum atomic E-state index is 0.936. The highest BCUT2D eigenvalue weighted by atomic mass is 79.9. The SMILES string of the molecule is NN1CCc2ccc(Br)cc21. The molecule has 1 heterocycles. The molecule has 3 heteroatoms. The van der Waals surface area contributed by atoms with Crippen molar-refractivity contribution >= 4 is 21.6 Å². The number of nitrogens with zero attached hydrogens (tertiary/aromatic N) is 1. The van der Waals surface area contributed by atoms with Gasteiger partial charge in [-0.1, -0.05) is 22.0 Å². The summed E-state index contributed by atoms with van der Waals surface area (Å²) in [5, 5.41) is 1.79. The average Bonchev–Trinajstić information content (AvgIpc) is 2.33. The van der Waals surface area contributed by atoms with E-state index < -0.39 is 0 Å². The third kappa shape index (κ3) is 1.14. The summed E-state index contributed by atoms with van der Waals surface area (Å²) in [6.07, 6.45) is 1.07. The molecular weight excluding hydrogens is 204 g/mol. The van der Waals surface area contributed by atoms with Crippen LogP contribution in [0.15, 0.2) is 22.7 Å². The molecule has 1 aromatic carbocycles. The highest BCUT2D eigenvalue weighted by Crippen LogP contribution is 2.28. The molecule has 0 atom stereocenters. The van der Waals surface area contributed by atoms with Crippen molar-refractivity contribution in [2.45, 2.75) is 6.42 Å². The van der Waals surface area contributed by atoms with Crippen LogP contribution < -0.4 is 10.9 Å². The molecule has 2 rings (SSSR count). The monoisotopic (exact) mass is 212 g/mol. The molecule has 58 valence electrons. The van der Waals surface area contributed by atoms with Crippen molar-refractivity contribution in [3.63, 3.8) is 0 Å². The molecule has 0 fully saturated rings. The zero-order valence-corrected chi connectivity index (χ0v) is 7.63. The van der Waals surface area contributed by atoms with Crippen molar-refractivity contribution in [3.05, 3.63) is 28.2 Å². The Hall–Kier alpha value is -0.540. The number of halogens is 1. The summed E-state index contributed by atoms with van der Waals surface area (Å²) in [5.41, 5.74) is 2.50. The Labute approximate surface area is 74.1 Å². The van der Waals surface area contributed by atoms with Gasteiger partial charge in [0.25, 0.3) is 0 Å². The Kier molecular flexibility index (Phi) is 1.62. The molecule has 2 nitrogen and oxygen atoms in total. The number of anilines is 1. The predicted molar refractivity (Wildman–Crippen MR) is 49.4 cm³/mol. The van der Waals surface area contributed by atoms with Crippen molar-refractivity contribution in [2.24, 2.45) is 5.84 Å². The van der Waals surface area contributed by atoms with Crippen LogP contribution in [-0.2, 0) is 6.42 Å². The van der Waals surface area contributed by atoms with E-state index in [9.17, 15) is 0 Å². The third-order valence-corrected chi connectivity index (χ3v) is 2.47. The topological polar surface area (TPSA) is 29.3 Å². The Balaban J connectivity index is 2.52. The Morgan fingerprint density at radius 2 is 2.27 bits per heavy atom. The van der Waals surface area contributed by atoms with Gasteiger partial charge in [-0.25, -0.2) is 5.84 Å². The van der Waals surface area contributed by atoms with Crippen molar-refractivity contribution < 1.29 is 0 Å². The van der Waals surface area contributed by atoms with E-state index in [1.807, 2.05) is 0 Å². The van der Waals surface area contributed by atoms with Crippen LogP contribution in [0.25, 0.3) is 0 Å². The molecular formula is C8H9BrN2. The van der Waals surface area contributed by atoms with E-state index in [2.05, 4.69) is 34.1 Å². The van der Waals surface area contributed by atoms with E-state index in [4.69, 9.17) is 5.84 Å². The second kappa shape index (κ2) is 2.50. The first-order chi connectivity index (χ1) is 5.27. The number of benzene rings is 1. The van der Waals surface area contributed by atoms with Crippen LogP contribution >= 0.6 is 15.9 Å². The standard InChI is InChI=1S/C8H9BrN2/c9-7-2-1-6-3-4-11(10)8(6)5-7/h1-2,5H,3-4,10H2. The highest BCUT2D eigenvalue weighted by Gasteiger charge is 2.15. The number of nitrogens with two attached hydrogens (primary N) is 1. The second-order valence-corrected chi connectivity index (χ2v) is 3.63. The van der Waals surface area contributed by atoms with Crippen molar-refractivity contribution in [2.75, 3.05) is 11.6 Å². The normalized spacial score (nSPS) is 15.3. The van der Waals surface area contributed by atoms with Gasteiger partial charge in [-0.3, -0.25) is 0 Å². The van der Waals surface area contributed by atoms with Crippen LogP contribution in [0.1, 0.15) is 5.56 Å². The van der Waals surface area contributed by atoms with Crippen LogP contribution in [0.5, 0.6) is 0 Å². The molecule has 1 aliphatic rings. The minimum Gasteiger partial charge on any atom is -0.310 e. The van der Waals surface area contributed by atoms with Gasteiger partial charge in [0, 0.05) is 11.0 Å². The van der Waals surface area contributed by atoms with E-state index in [1.165, 1.54) is 5.56 Å². The summed E-state index contributed by atoms with van der Waals surface area (Å²) in [6.45, 7) is 0.936. The largest absolute Gasteiger partial charge is 0.310 e. The minimum absolute atomic E-state index is 0.936. The number of fused-ring (bicyclic) bond motifs is 1. The van der Waals surface area contributed by atoms with E-state index in [-0.39, 0.29) is 0 Å². The molecule has 2 N–H and O–H groups in total. The van der Waals surface area contributed by atoms with Crippen LogP contribution in [0.2, 0.25) is 0 Å². The van der Waals surface area contributed by atoms with E-state index in [0.717, 1.165) is 23.1 Å². The fraction of sp³-hybridized carbons (Fsp3) is 0.250. The van der Waals surface area contributed by atoms with Crippen LogP contribution in [0, 0.1) is 0 Å². The fourth-order valence-corrected chi connectivity index (χ4v) is 1.73. The number of hydrogen-bond donors (Lipinski definition) is 1. The first-order valence-corrected chi connectivity index (χ1v) is 4.37. The number of rotatable bonds is 0. The van der Waals surface area contributed by atoms with E-state index >= 15 is 0 Å². The molecule has 0 bridgehead atoms. The molecule has 0 spiro atoms. The van der Waals surface area contributed by atoms with Gasteiger partial charge in [0.05, 0.1) is 5.69 Å². The molecule has 0 radical (unpaired) electrons. The molecule has 0 aromatic heterocycles. The maximum atomic E-state index is 5.73. The molecule has 0 amide bonds. The van der Waals surface area contributed by atoms with Gasteiger partial charge in [-0.05, 0) is 24.1 Å². The van der Waals surface area contributed by atoms with Gasteiger partial charge in [0.15, 0.2) is 0 Å². The van der Waals surface area contributed by atoms with Crippen LogP contribution in [0.4, 0.5) is 5.69 Å². The van der Waals surface area contributed by atoms with Crippen molar-refractivity contribution in [3.8, 4) is 0 Å². The molecule has 0 saturated carbocycles. The summed E-state index contributed by atoms with van der Waals surface area (Å²) in [7, 11) is 0. The van der Waals surface area contributed by atoms with Crippen molar-refractivity contribution in [1.82, 2.24) is 0 Å². The molecule has 0 aliphatic carbocycles. The Bertz CT molecular complexity index is 285. The Morgan fingerprint density at radius 1 is 1.45 bits per heavy atom. The van der Waals surface area contributed by atoms with Gasteiger partial charge in [-0.15, -0.1) is 0 Å². The average molecular weight is 213 g/mol.